The first-order chi connectivity index (χ1) is 12.5. The van der Waals surface area contributed by atoms with Crippen molar-refractivity contribution < 1.29 is 0 Å². The van der Waals surface area contributed by atoms with Crippen LogP contribution in [0, 0.1) is 27.7 Å². The summed E-state index contributed by atoms with van der Waals surface area (Å²) in [7, 11) is 0. The van der Waals surface area contributed by atoms with Gasteiger partial charge in [0.2, 0.25) is 0 Å². The van der Waals surface area contributed by atoms with Crippen molar-refractivity contribution >= 4 is 17.1 Å². The van der Waals surface area contributed by atoms with E-state index in [0.29, 0.717) is 6.54 Å². The maximum Gasteiger partial charge on any atom is 0.0464 e. The van der Waals surface area contributed by atoms with Gasteiger partial charge in [-0.1, -0.05) is 24.3 Å². The second-order valence-corrected chi connectivity index (χ2v) is 7.08. The summed E-state index contributed by atoms with van der Waals surface area (Å²) < 4.78 is 0. The molecule has 0 aliphatic heterocycles. The highest BCUT2D eigenvalue weighted by Crippen LogP contribution is 2.36. The van der Waals surface area contributed by atoms with Gasteiger partial charge in [0.25, 0.3) is 0 Å². The van der Waals surface area contributed by atoms with Crippen LogP contribution in [0.4, 0.5) is 17.1 Å². The van der Waals surface area contributed by atoms with Crippen LogP contribution in [0.5, 0.6) is 0 Å². The van der Waals surface area contributed by atoms with Gasteiger partial charge in [-0.3, -0.25) is 0 Å². The summed E-state index contributed by atoms with van der Waals surface area (Å²) in [6.45, 7) is 9.32. The van der Waals surface area contributed by atoms with Gasteiger partial charge in [-0.15, -0.1) is 0 Å². The van der Waals surface area contributed by atoms with Crippen LogP contribution in [0.25, 0.3) is 0 Å². The Balaban J connectivity index is 2.11. The molecule has 0 unspecified atom stereocenters. The molecule has 0 saturated carbocycles. The average molecular weight is 345 g/mol. The van der Waals surface area contributed by atoms with Crippen molar-refractivity contribution in [1.82, 2.24) is 0 Å². The third kappa shape index (κ3) is 3.81. The van der Waals surface area contributed by atoms with Crippen LogP contribution in [0.2, 0.25) is 0 Å². The number of hydrogen-bond donors (Lipinski definition) is 1. The first-order valence-corrected chi connectivity index (χ1v) is 9.23. The number of nitrogens with zero attached hydrogens (tertiary/aromatic N) is 1. The summed E-state index contributed by atoms with van der Waals surface area (Å²) in [5.74, 6) is 0. The first-order valence-electron chi connectivity index (χ1n) is 9.23. The normalized spacial score (nSPS) is 10.8. The van der Waals surface area contributed by atoms with E-state index < -0.39 is 0 Å². The summed E-state index contributed by atoms with van der Waals surface area (Å²) in [6, 6.07) is 22.1. The second-order valence-electron chi connectivity index (χ2n) is 7.08. The Morgan fingerprint density at radius 2 is 1.08 bits per heavy atom. The standard InChI is InChI=1S/C24H28N2/c1-17-5-9-23(15-19(17)3)26(24-10-6-18(2)20(4)16-24)22-11-7-21(8-12-22)13-14-25/h5-12,15-16H,13-14,25H2,1-4H3. The van der Waals surface area contributed by atoms with E-state index in [-0.39, 0.29) is 0 Å². The highest BCUT2D eigenvalue weighted by atomic mass is 15.1. The number of anilines is 3. The Kier molecular flexibility index (Phi) is 5.43. The number of aryl methyl sites for hydroxylation is 4. The molecule has 0 aromatic heterocycles. The summed E-state index contributed by atoms with van der Waals surface area (Å²) in [5.41, 5.74) is 15.7. The minimum atomic E-state index is 0.678. The van der Waals surface area contributed by atoms with Crippen LogP contribution in [0.15, 0.2) is 60.7 Å². The van der Waals surface area contributed by atoms with Crippen molar-refractivity contribution in [2.24, 2.45) is 5.73 Å². The molecule has 0 amide bonds. The minimum absolute atomic E-state index is 0.678. The number of hydrogen-bond acceptors (Lipinski definition) is 2. The van der Waals surface area contributed by atoms with Gasteiger partial charge in [0.05, 0.1) is 0 Å². The third-order valence-corrected chi connectivity index (χ3v) is 5.12. The Bertz CT molecular complexity index is 843. The van der Waals surface area contributed by atoms with Crippen molar-refractivity contribution in [1.29, 1.82) is 0 Å². The van der Waals surface area contributed by atoms with Crippen molar-refractivity contribution in [3.63, 3.8) is 0 Å². The van der Waals surface area contributed by atoms with Gasteiger partial charge in [-0.05, 0) is 105 Å². The highest BCUT2D eigenvalue weighted by molar-refractivity contribution is 5.77. The molecule has 3 rings (SSSR count). The summed E-state index contributed by atoms with van der Waals surface area (Å²) in [4.78, 5) is 2.32. The minimum Gasteiger partial charge on any atom is -0.330 e. The molecule has 2 N–H and O–H groups in total. The predicted molar refractivity (Wildman–Crippen MR) is 113 cm³/mol. The first kappa shape index (κ1) is 18.2. The maximum absolute atomic E-state index is 5.69. The molecule has 3 aromatic rings. The lowest BCUT2D eigenvalue weighted by atomic mass is 10.0. The van der Waals surface area contributed by atoms with Gasteiger partial charge in [0.15, 0.2) is 0 Å². The van der Waals surface area contributed by atoms with Crippen molar-refractivity contribution in [2.45, 2.75) is 34.1 Å². The molecule has 2 nitrogen and oxygen atoms in total. The van der Waals surface area contributed by atoms with Crippen LogP contribution in [0.1, 0.15) is 27.8 Å². The number of rotatable bonds is 5. The van der Waals surface area contributed by atoms with Crippen LogP contribution in [-0.2, 0) is 6.42 Å². The lowest BCUT2D eigenvalue weighted by molar-refractivity contribution is 0.968. The Labute approximate surface area is 157 Å². The van der Waals surface area contributed by atoms with Gasteiger partial charge in [-0.25, -0.2) is 0 Å². The second kappa shape index (κ2) is 7.76. The monoisotopic (exact) mass is 344 g/mol. The van der Waals surface area contributed by atoms with Gasteiger partial charge < -0.3 is 10.6 Å². The smallest absolute Gasteiger partial charge is 0.0464 e. The summed E-state index contributed by atoms with van der Waals surface area (Å²) >= 11 is 0. The Morgan fingerprint density at radius 1 is 0.615 bits per heavy atom. The van der Waals surface area contributed by atoms with E-state index in [1.54, 1.807) is 0 Å². The molecule has 134 valence electrons. The fourth-order valence-corrected chi connectivity index (χ4v) is 3.15. The van der Waals surface area contributed by atoms with E-state index in [0.717, 1.165) is 12.1 Å². The van der Waals surface area contributed by atoms with Gasteiger partial charge >= 0.3 is 0 Å². The molecule has 0 aliphatic carbocycles. The number of benzene rings is 3. The Hall–Kier alpha value is -2.58. The molecule has 0 radical (unpaired) electrons. The van der Waals surface area contributed by atoms with E-state index in [1.165, 1.54) is 39.2 Å². The summed E-state index contributed by atoms with van der Waals surface area (Å²) in [5, 5.41) is 0. The third-order valence-electron chi connectivity index (χ3n) is 5.12. The molecule has 3 aromatic carbocycles. The van der Waals surface area contributed by atoms with Crippen molar-refractivity contribution in [2.75, 3.05) is 11.4 Å². The van der Waals surface area contributed by atoms with Gasteiger partial charge in [0.1, 0.15) is 0 Å². The average Bonchev–Trinajstić information content (AvgIpc) is 2.63. The van der Waals surface area contributed by atoms with Crippen LogP contribution >= 0.6 is 0 Å². The zero-order valence-corrected chi connectivity index (χ0v) is 16.2. The molecule has 0 atom stereocenters. The molecule has 0 spiro atoms. The zero-order chi connectivity index (χ0) is 18.7. The highest BCUT2D eigenvalue weighted by Gasteiger charge is 2.13. The van der Waals surface area contributed by atoms with E-state index in [1.807, 2.05) is 0 Å². The molecule has 0 heterocycles. The van der Waals surface area contributed by atoms with E-state index in [2.05, 4.69) is 93.3 Å². The molecular weight excluding hydrogens is 316 g/mol. The summed E-state index contributed by atoms with van der Waals surface area (Å²) in [6.07, 6.45) is 0.910. The molecule has 0 fully saturated rings. The largest absolute Gasteiger partial charge is 0.330 e. The Morgan fingerprint density at radius 3 is 1.50 bits per heavy atom. The van der Waals surface area contributed by atoms with E-state index in [4.69, 9.17) is 5.73 Å². The van der Waals surface area contributed by atoms with Crippen molar-refractivity contribution in [3.05, 3.63) is 88.5 Å². The lowest BCUT2D eigenvalue weighted by Crippen LogP contribution is -2.11. The SMILES string of the molecule is Cc1ccc(N(c2ccc(CCN)cc2)c2ccc(C)c(C)c2)cc1C. The molecule has 0 aliphatic rings. The van der Waals surface area contributed by atoms with Gasteiger partial charge in [-0.2, -0.15) is 0 Å². The fraction of sp³-hybridized carbons (Fsp3) is 0.250. The van der Waals surface area contributed by atoms with E-state index >= 15 is 0 Å². The maximum atomic E-state index is 5.69. The molecular formula is C24H28N2. The van der Waals surface area contributed by atoms with Crippen molar-refractivity contribution in [3.8, 4) is 0 Å². The van der Waals surface area contributed by atoms with Crippen LogP contribution in [0.3, 0.4) is 0 Å². The zero-order valence-electron chi connectivity index (χ0n) is 16.2. The molecule has 26 heavy (non-hydrogen) atoms. The van der Waals surface area contributed by atoms with Crippen LogP contribution < -0.4 is 10.6 Å². The number of nitrogens with two attached hydrogens (primary N) is 1. The molecule has 2 heteroatoms. The van der Waals surface area contributed by atoms with E-state index in [9.17, 15) is 0 Å². The van der Waals surface area contributed by atoms with Crippen LogP contribution in [-0.4, -0.2) is 6.54 Å². The fourth-order valence-electron chi connectivity index (χ4n) is 3.15. The lowest BCUT2D eigenvalue weighted by Gasteiger charge is -2.27. The molecule has 0 saturated heterocycles. The topological polar surface area (TPSA) is 29.3 Å². The molecule has 0 bridgehead atoms. The van der Waals surface area contributed by atoms with Gasteiger partial charge in [0, 0.05) is 17.1 Å². The predicted octanol–water partition coefficient (Wildman–Crippen LogP) is 5.89. The quantitative estimate of drug-likeness (QED) is 0.625.